The Morgan fingerprint density at radius 1 is 1.05 bits per heavy atom. The second kappa shape index (κ2) is 5.89. The molecule has 0 saturated heterocycles. The molecule has 0 saturated carbocycles. The molecule has 2 rings (SSSR count). The minimum Gasteiger partial charge on any atom is -0.507 e. The molecule has 0 unspecified atom stereocenters. The van der Waals surface area contributed by atoms with Crippen LogP contribution in [0.3, 0.4) is 0 Å². The summed E-state index contributed by atoms with van der Waals surface area (Å²) in [5.74, 6) is 0.395. The zero-order valence-corrected chi connectivity index (χ0v) is 11.8. The molecule has 0 heterocycles. The fourth-order valence-electron chi connectivity index (χ4n) is 2.10. The summed E-state index contributed by atoms with van der Waals surface area (Å²) in [5.41, 5.74) is 4.39. The average molecular weight is 255 g/mol. The molecule has 0 spiro atoms. The monoisotopic (exact) mass is 255 g/mol. The van der Waals surface area contributed by atoms with Gasteiger partial charge in [-0.05, 0) is 31.9 Å². The normalized spacial score (nSPS) is 12.4. The number of para-hydroxylation sites is 1. The second-order valence-electron chi connectivity index (χ2n) is 5.10. The van der Waals surface area contributed by atoms with Crippen LogP contribution in [0.5, 0.6) is 5.75 Å². The molecule has 2 aromatic rings. The molecule has 0 aliphatic carbocycles. The smallest absolute Gasteiger partial charge is 0.122 e. The minimum atomic E-state index is 0.264. The van der Waals surface area contributed by atoms with Gasteiger partial charge in [-0.15, -0.1) is 0 Å². The number of phenolic OH excluding ortho intramolecular Hbond substituents is 1. The number of hydrogen-bond donors (Lipinski definition) is 2. The molecule has 0 aliphatic rings. The molecular formula is C17H21NO. The van der Waals surface area contributed by atoms with Crippen LogP contribution in [0.15, 0.2) is 42.5 Å². The predicted molar refractivity (Wildman–Crippen MR) is 79.3 cm³/mol. The number of rotatable bonds is 4. The number of phenols is 1. The maximum absolute atomic E-state index is 9.98. The van der Waals surface area contributed by atoms with Gasteiger partial charge in [-0.3, -0.25) is 0 Å². The van der Waals surface area contributed by atoms with Crippen LogP contribution in [-0.2, 0) is 6.54 Å². The summed E-state index contributed by atoms with van der Waals surface area (Å²) in [6.45, 7) is 6.81. The van der Waals surface area contributed by atoms with E-state index in [0.717, 1.165) is 11.1 Å². The second-order valence-corrected chi connectivity index (χ2v) is 5.10. The van der Waals surface area contributed by atoms with E-state index in [9.17, 15) is 5.11 Å². The van der Waals surface area contributed by atoms with Crippen molar-refractivity contribution < 1.29 is 5.11 Å². The van der Waals surface area contributed by atoms with Crippen molar-refractivity contribution in [1.29, 1.82) is 0 Å². The Balaban J connectivity index is 2.02. The predicted octanol–water partition coefficient (Wildman–Crippen LogP) is 3.86. The molecule has 0 amide bonds. The van der Waals surface area contributed by atoms with E-state index in [1.165, 1.54) is 11.1 Å². The van der Waals surface area contributed by atoms with Crippen molar-refractivity contribution in [1.82, 2.24) is 5.32 Å². The highest BCUT2D eigenvalue weighted by Gasteiger charge is 2.07. The molecule has 100 valence electrons. The standard InChI is InChI=1S/C17H21NO/c1-12-7-9-15(10-8-12)14(3)18-11-16-6-4-5-13(2)17(16)19/h4-10,14,18-19H,11H2,1-3H3/t14-/m0/s1. The minimum absolute atomic E-state index is 0.264. The van der Waals surface area contributed by atoms with Gasteiger partial charge >= 0.3 is 0 Å². The molecular weight excluding hydrogens is 234 g/mol. The van der Waals surface area contributed by atoms with Crippen LogP contribution in [0.2, 0.25) is 0 Å². The first-order valence-corrected chi connectivity index (χ1v) is 6.65. The molecule has 2 aromatic carbocycles. The van der Waals surface area contributed by atoms with E-state index in [4.69, 9.17) is 0 Å². The quantitative estimate of drug-likeness (QED) is 0.869. The van der Waals surface area contributed by atoms with Crippen molar-refractivity contribution in [3.63, 3.8) is 0 Å². The van der Waals surface area contributed by atoms with Crippen LogP contribution in [0.25, 0.3) is 0 Å². The van der Waals surface area contributed by atoms with E-state index in [2.05, 4.69) is 43.4 Å². The van der Waals surface area contributed by atoms with Crippen molar-refractivity contribution >= 4 is 0 Å². The van der Waals surface area contributed by atoms with Gasteiger partial charge in [0.1, 0.15) is 5.75 Å². The van der Waals surface area contributed by atoms with E-state index in [1.807, 2.05) is 25.1 Å². The molecule has 0 radical (unpaired) electrons. The third kappa shape index (κ3) is 3.36. The van der Waals surface area contributed by atoms with E-state index < -0.39 is 0 Å². The third-order valence-electron chi connectivity index (χ3n) is 3.50. The fourth-order valence-corrected chi connectivity index (χ4v) is 2.10. The number of aryl methyl sites for hydroxylation is 2. The summed E-state index contributed by atoms with van der Waals surface area (Å²) in [4.78, 5) is 0. The number of hydrogen-bond acceptors (Lipinski definition) is 2. The molecule has 1 atom stereocenters. The first kappa shape index (κ1) is 13.6. The zero-order valence-electron chi connectivity index (χ0n) is 11.8. The Hall–Kier alpha value is -1.80. The number of aromatic hydroxyl groups is 1. The Morgan fingerprint density at radius 3 is 2.42 bits per heavy atom. The molecule has 0 aliphatic heterocycles. The Kier molecular flexibility index (Phi) is 4.23. The van der Waals surface area contributed by atoms with Gasteiger partial charge in [0.05, 0.1) is 0 Å². The lowest BCUT2D eigenvalue weighted by atomic mass is 10.1. The largest absolute Gasteiger partial charge is 0.507 e. The summed E-state index contributed by atoms with van der Waals surface area (Å²) in [6, 6.07) is 14.6. The SMILES string of the molecule is Cc1ccc([C@H](C)NCc2cccc(C)c2O)cc1. The maximum Gasteiger partial charge on any atom is 0.122 e. The molecule has 2 nitrogen and oxygen atoms in total. The Morgan fingerprint density at radius 2 is 1.74 bits per heavy atom. The average Bonchev–Trinajstić information content (AvgIpc) is 2.41. The van der Waals surface area contributed by atoms with Crippen molar-refractivity contribution in [2.45, 2.75) is 33.4 Å². The van der Waals surface area contributed by atoms with E-state index in [1.54, 1.807) is 0 Å². The van der Waals surface area contributed by atoms with Crippen molar-refractivity contribution in [3.8, 4) is 5.75 Å². The first-order chi connectivity index (χ1) is 9.08. The van der Waals surface area contributed by atoms with Crippen LogP contribution < -0.4 is 5.32 Å². The Bertz CT molecular complexity index is 546. The number of nitrogens with one attached hydrogen (secondary N) is 1. The molecule has 0 fully saturated rings. The molecule has 19 heavy (non-hydrogen) atoms. The first-order valence-electron chi connectivity index (χ1n) is 6.65. The van der Waals surface area contributed by atoms with Crippen molar-refractivity contribution in [2.75, 3.05) is 0 Å². The highest BCUT2D eigenvalue weighted by molar-refractivity contribution is 5.39. The van der Waals surface area contributed by atoms with E-state index in [-0.39, 0.29) is 6.04 Å². The van der Waals surface area contributed by atoms with E-state index >= 15 is 0 Å². The lowest BCUT2D eigenvalue weighted by Gasteiger charge is -2.15. The highest BCUT2D eigenvalue weighted by Crippen LogP contribution is 2.22. The van der Waals surface area contributed by atoms with Crippen LogP contribution in [-0.4, -0.2) is 5.11 Å². The van der Waals surface area contributed by atoms with Gasteiger partial charge in [0.2, 0.25) is 0 Å². The summed E-state index contributed by atoms with van der Waals surface area (Å²) in [7, 11) is 0. The summed E-state index contributed by atoms with van der Waals surface area (Å²) in [5, 5.41) is 13.4. The van der Waals surface area contributed by atoms with Gasteiger partial charge in [0, 0.05) is 18.2 Å². The summed E-state index contributed by atoms with van der Waals surface area (Å²) < 4.78 is 0. The number of benzene rings is 2. The van der Waals surface area contributed by atoms with Crippen LogP contribution in [0, 0.1) is 13.8 Å². The van der Waals surface area contributed by atoms with Gasteiger partial charge in [0.15, 0.2) is 0 Å². The van der Waals surface area contributed by atoms with Gasteiger partial charge in [-0.2, -0.15) is 0 Å². The van der Waals surface area contributed by atoms with Gasteiger partial charge < -0.3 is 10.4 Å². The van der Waals surface area contributed by atoms with Crippen LogP contribution in [0.4, 0.5) is 0 Å². The summed E-state index contributed by atoms with van der Waals surface area (Å²) in [6.07, 6.45) is 0. The highest BCUT2D eigenvalue weighted by atomic mass is 16.3. The fraction of sp³-hybridized carbons (Fsp3) is 0.294. The maximum atomic E-state index is 9.98. The van der Waals surface area contributed by atoms with Gasteiger partial charge in [0.25, 0.3) is 0 Å². The molecule has 0 aromatic heterocycles. The van der Waals surface area contributed by atoms with Crippen LogP contribution in [0.1, 0.15) is 35.2 Å². The zero-order chi connectivity index (χ0) is 13.8. The lowest BCUT2D eigenvalue weighted by Crippen LogP contribution is -2.18. The molecule has 2 N–H and O–H groups in total. The third-order valence-corrected chi connectivity index (χ3v) is 3.50. The summed E-state index contributed by atoms with van der Waals surface area (Å²) >= 11 is 0. The van der Waals surface area contributed by atoms with Gasteiger partial charge in [-0.25, -0.2) is 0 Å². The van der Waals surface area contributed by atoms with Gasteiger partial charge in [-0.1, -0.05) is 48.0 Å². The Labute approximate surface area is 115 Å². The topological polar surface area (TPSA) is 32.3 Å². The van der Waals surface area contributed by atoms with Crippen molar-refractivity contribution in [3.05, 3.63) is 64.7 Å². The van der Waals surface area contributed by atoms with Crippen molar-refractivity contribution in [2.24, 2.45) is 0 Å². The van der Waals surface area contributed by atoms with Crippen LogP contribution >= 0.6 is 0 Å². The molecule has 0 bridgehead atoms. The lowest BCUT2D eigenvalue weighted by molar-refractivity contribution is 0.456. The molecule has 2 heteroatoms. The van der Waals surface area contributed by atoms with E-state index in [0.29, 0.717) is 12.3 Å².